The summed E-state index contributed by atoms with van der Waals surface area (Å²) in [6, 6.07) is 0.373. The Morgan fingerprint density at radius 2 is 1.85 bits per heavy atom. The van der Waals surface area contributed by atoms with Crippen LogP contribution < -0.4 is 5.73 Å². The van der Waals surface area contributed by atoms with E-state index in [1.165, 1.54) is 0 Å². The van der Waals surface area contributed by atoms with Gasteiger partial charge >= 0.3 is 5.97 Å². The Morgan fingerprint density at radius 3 is 2.31 bits per heavy atom. The molecule has 0 radical (unpaired) electrons. The molecule has 0 aromatic carbocycles. The molecule has 0 aliphatic heterocycles. The van der Waals surface area contributed by atoms with E-state index < -0.39 is 5.97 Å². The summed E-state index contributed by atoms with van der Waals surface area (Å²) in [7, 11) is 0. The van der Waals surface area contributed by atoms with Crippen molar-refractivity contribution in [2.75, 3.05) is 0 Å². The fourth-order valence-corrected chi connectivity index (χ4v) is 2.59. The number of carboxylic acid groups (broad SMARTS) is 1. The average Bonchev–Trinajstić information content (AvgIpc) is 2.85. The predicted molar refractivity (Wildman–Crippen MR) is 49.2 cm³/mol. The molecule has 0 bridgehead atoms. The molecule has 0 unspecified atom stereocenters. The van der Waals surface area contributed by atoms with Crippen molar-refractivity contribution in [1.82, 2.24) is 0 Å². The SMILES string of the molecule is NC1CCC([C@@H]2C[C@H]2C(=O)O)CC1. The number of hydrogen-bond donors (Lipinski definition) is 2. The van der Waals surface area contributed by atoms with Gasteiger partial charge in [-0.15, -0.1) is 0 Å². The number of carboxylic acids is 1. The van der Waals surface area contributed by atoms with Crippen molar-refractivity contribution in [2.24, 2.45) is 23.5 Å². The summed E-state index contributed by atoms with van der Waals surface area (Å²) in [5, 5.41) is 8.78. The minimum absolute atomic E-state index is 0.0284. The molecular formula is C10H17NO2. The van der Waals surface area contributed by atoms with Gasteiger partial charge in [-0.2, -0.15) is 0 Å². The fourth-order valence-electron chi connectivity index (χ4n) is 2.59. The zero-order chi connectivity index (χ0) is 9.42. The summed E-state index contributed by atoms with van der Waals surface area (Å²) >= 11 is 0. The van der Waals surface area contributed by atoms with Crippen LogP contribution in [0.1, 0.15) is 32.1 Å². The highest BCUT2D eigenvalue weighted by Gasteiger charge is 2.47. The van der Waals surface area contributed by atoms with E-state index >= 15 is 0 Å². The maximum atomic E-state index is 10.7. The van der Waals surface area contributed by atoms with E-state index in [-0.39, 0.29) is 5.92 Å². The van der Waals surface area contributed by atoms with E-state index in [1.54, 1.807) is 0 Å². The van der Waals surface area contributed by atoms with Gasteiger partial charge in [0.25, 0.3) is 0 Å². The lowest BCUT2D eigenvalue weighted by Gasteiger charge is -2.25. The van der Waals surface area contributed by atoms with Crippen molar-refractivity contribution < 1.29 is 9.90 Å². The fraction of sp³-hybridized carbons (Fsp3) is 0.900. The minimum atomic E-state index is -0.597. The Morgan fingerprint density at radius 1 is 1.23 bits per heavy atom. The first-order valence-corrected chi connectivity index (χ1v) is 5.17. The highest BCUT2D eigenvalue weighted by molar-refractivity contribution is 5.73. The zero-order valence-corrected chi connectivity index (χ0v) is 7.78. The molecule has 2 rings (SSSR count). The summed E-state index contributed by atoms with van der Waals surface area (Å²) in [6.45, 7) is 0. The van der Waals surface area contributed by atoms with Crippen molar-refractivity contribution >= 4 is 5.97 Å². The molecule has 0 saturated heterocycles. The molecule has 3 heteroatoms. The largest absolute Gasteiger partial charge is 0.481 e. The summed E-state index contributed by atoms with van der Waals surface area (Å²) in [6.07, 6.45) is 5.39. The highest BCUT2D eigenvalue weighted by atomic mass is 16.4. The molecule has 3 nitrogen and oxygen atoms in total. The second kappa shape index (κ2) is 3.29. The minimum Gasteiger partial charge on any atom is -0.481 e. The number of carbonyl (C=O) groups is 1. The maximum absolute atomic E-state index is 10.7. The molecule has 2 saturated carbocycles. The lowest BCUT2D eigenvalue weighted by atomic mass is 9.83. The molecular weight excluding hydrogens is 166 g/mol. The quantitative estimate of drug-likeness (QED) is 0.676. The Balaban J connectivity index is 1.81. The average molecular weight is 183 g/mol. The first-order valence-electron chi connectivity index (χ1n) is 5.17. The van der Waals surface area contributed by atoms with Gasteiger partial charge < -0.3 is 10.8 Å². The van der Waals surface area contributed by atoms with Crippen molar-refractivity contribution in [1.29, 1.82) is 0 Å². The van der Waals surface area contributed by atoms with Crippen LogP contribution in [0.15, 0.2) is 0 Å². The molecule has 2 aliphatic carbocycles. The smallest absolute Gasteiger partial charge is 0.306 e. The molecule has 2 fully saturated rings. The van der Waals surface area contributed by atoms with E-state index in [0.717, 1.165) is 32.1 Å². The van der Waals surface area contributed by atoms with Crippen LogP contribution in [0, 0.1) is 17.8 Å². The third-order valence-electron chi connectivity index (χ3n) is 3.58. The van der Waals surface area contributed by atoms with Crippen LogP contribution in [0.2, 0.25) is 0 Å². The molecule has 3 N–H and O–H groups in total. The Kier molecular flexibility index (Phi) is 2.28. The number of aliphatic carboxylic acids is 1. The second-order valence-electron chi connectivity index (χ2n) is 4.52. The van der Waals surface area contributed by atoms with E-state index in [9.17, 15) is 4.79 Å². The Hall–Kier alpha value is -0.570. The molecule has 0 amide bonds. The molecule has 2 aliphatic rings. The Labute approximate surface area is 78.3 Å². The van der Waals surface area contributed by atoms with Crippen molar-refractivity contribution in [3.05, 3.63) is 0 Å². The van der Waals surface area contributed by atoms with Crippen molar-refractivity contribution in [2.45, 2.75) is 38.1 Å². The standard InChI is InChI=1S/C10H17NO2/c11-7-3-1-6(2-4-7)8-5-9(8)10(12)13/h6-9H,1-5,11H2,(H,12,13)/t6?,7?,8-,9+/m0/s1. The van der Waals surface area contributed by atoms with Crippen molar-refractivity contribution in [3.63, 3.8) is 0 Å². The van der Waals surface area contributed by atoms with E-state index in [2.05, 4.69) is 0 Å². The lowest BCUT2D eigenvalue weighted by Crippen LogP contribution is -2.27. The summed E-state index contributed by atoms with van der Waals surface area (Å²) in [5.41, 5.74) is 5.80. The molecule has 0 aromatic heterocycles. The van der Waals surface area contributed by atoms with Crippen LogP contribution in [0.3, 0.4) is 0 Å². The van der Waals surface area contributed by atoms with Gasteiger partial charge in [0.05, 0.1) is 5.92 Å². The van der Waals surface area contributed by atoms with E-state index in [1.807, 2.05) is 0 Å². The normalized spacial score (nSPS) is 44.4. The third-order valence-corrected chi connectivity index (χ3v) is 3.58. The van der Waals surface area contributed by atoms with Crippen LogP contribution in [0.5, 0.6) is 0 Å². The summed E-state index contributed by atoms with van der Waals surface area (Å²) in [5.74, 6) is 0.505. The maximum Gasteiger partial charge on any atom is 0.306 e. The van der Waals surface area contributed by atoms with Crippen LogP contribution in [-0.4, -0.2) is 17.1 Å². The number of hydrogen-bond acceptors (Lipinski definition) is 2. The molecule has 0 heterocycles. The topological polar surface area (TPSA) is 63.3 Å². The van der Waals surface area contributed by atoms with E-state index in [0.29, 0.717) is 17.9 Å². The van der Waals surface area contributed by atoms with Gasteiger partial charge in [0.15, 0.2) is 0 Å². The van der Waals surface area contributed by atoms with Crippen molar-refractivity contribution in [3.8, 4) is 0 Å². The Bertz CT molecular complexity index is 209. The first kappa shape index (κ1) is 9.00. The van der Waals surface area contributed by atoms with Crippen LogP contribution in [0.4, 0.5) is 0 Å². The van der Waals surface area contributed by atoms with Gasteiger partial charge in [-0.1, -0.05) is 0 Å². The summed E-state index contributed by atoms with van der Waals surface area (Å²) in [4.78, 5) is 10.7. The third kappa shape index (κ3) is 1.85. The van der Waals surface area contributed by atoms with Gasteiger partial charge in [0, 0.05) is 6.04 Å². The van der Waals surface area contributed by atoms with Gasteiger partial charge in [0.2, 0.25) is 0 Å². The second-order valence-corrected chi connectivity index (χ2v) is 4.52. The van der Waals surface area contributed by atoms with Gasteiger partial charge in [-0.25, -0.2) is 0 Å². The van der Waals surface area contributed by atoms with Crippen LogP contribution >= 0.6 is 0 Å². The lowest BCUT2D eigenvalue weighted by molar-refractivity contribution is -0.139. The van der Waals surface area contributed by atoms with Crippen LogP contribution in [-0.2, 0) is 4.79 Å². The molecule has 2 atom stereocenters. The molecule has 0 spiro atoms. The van der Waals surface area contributed by atoms with Gasteiger partial charge in [0.1, 0.15) is 0 Å². The molecule has 13 heavy (non-hydrogen) atoms. The first-order chi connectivity index (χ1) is 6.18. The zero-order valence-electron chi connectivity index (χ0n) is 7.78. The van der Waals surface area contributed by atoms with Gasteiger partial charge in [-0.05, 0) is 43.9 Å². The predicted octanol–water partition coefficient (Wildman–Crippen LogP) is 1.22. The number of rotatable bonds is 2. The monoisotopic (exact) mass is 183 g/mol. The molecule has 74 valence electrons. The molecule has 0 aromatic rings. The van der Waals surface area contributed by atoms with E-state index in [4.69, 9.17) is 10.8 Å². The number of nitrogens with two attached hydrogens (primary N) is 1. The highest BCUT2D eigenvalue weighted by Crippen LogP contribution is 2.49. The summed E-state index contributed by atoms with van der Waals surface area (Å²) < 4.78 is 0. The van der Waals surface area contributed by atoms with Crippen LogP contribution in [0.25, 0.3) is 0 Å². The van der Waals surface area contributed by atoms with Gasteiger partial charge in [-0.3, -0.25) is 4.79 Å².